The van der Waals surface area contributed by atoms with Crippen molar-refractivity contribution in [2.45, 2.75) is 37.5 Å². The highest BCUT2D eigenvalue weighted by Gasteiger charge is 2.44. The Balaban J connectivity index is 1.50. The Hall–Kier alpha value is -1.91. The summed E-state index contributed by atoms with van der Waals surface area (Å²) in [4.78, 5) is 14.9. The van der Waals surface area contributed by atoms with Crippen LogP contribution in [0.25, 0.3) is 10.8 Å². The molecule has 4 nitrogen and oxygen atoms in total. The number of carbonyl (C=O) groups is 1. The van der Waals surface area contributed by atoms with Crippen LogP contribution in [-0.2, 0) is 20.7 Å². The molecule has 2 aliphatic rings. The fourth-order valence-electron chi connectivity index (χ4n) is 4.10. The van der Waals surface area contributed by atoms with Gasteiger partial charge in [0.2, 0.25) is 5.91 Å². The average molecular weight is 325 g/mol. The molecule has 2 aromatic carbocycles. The maximum atomic E-state index is 12.9. The van der Waals surface area contributed by atoms with Crippen molar-refractivity contribution in [3.63, 3.8) is 0 Å². The zero-order valence-electron chi connectivity index (χ0n) is 14.0. The monoisotopic (exact) mass is 325 g/mol. The van der Waals surface area contributed by atoms with Crippen molar-refractivity contribution in [3.05, 3.63) is 48.0 Å². The normalized spacial score (nSPS) is 26.5. The van der Waals surface area contributed by atoms with Crippen LogP contribution in [0.2, 0.25) is 0 Å². The van der Waals surface area contributed by atoms with E-state index in [4.69, 9.17) is 9.47 Å². The van der Waals surface area contributed by atoms with E-state index in [1.807, 2.05) is 17.0 Å². The standard InChI is InChI=1S/C20H23NO3/c1-23-18-9-8-17-20(18)24-11-10-21(17)19(22)13-14-6-7-15-4-2-3-5-16(15)12-14/h2-7,12,17-18,20H,8-11,13H2,1H3/t17-,18+,20+/m0/s1. The number of ether oxygens (including phenoxy) is 2. The largest absolute Gasteiger partial charge is 0.379 e. The minimum atomic E-state index is 0.0318. The van der Waals surface area contributed by atoms with Crippen molar-refractivity contribution in [1.82, 2.24) is 4.90 Å². The molecular weight excluding hydrogens is 302 g/mol. The molecule has 4 heteroatoms. The van der Waals surface area contributed by atoms with Crippen molar-refractivity contribution < 1.29 is 14.3 Å². The minimum absolute atomic E-state index is 0.0318. The van der Waals surface area contributed by atoms with Gasteiger partial charge < -0.3 is 14.4 Å². The molecule has 2 fully saturated rings. The lowest BCUT2D eigenvalue weighted by atomic mass is 10.0. The second-order valence-electron chi connectivity index (χ2n) is 6.70. The van der Waals surface area contributed by atoms with Gasteiger partial charge in [0.05, 0.1) is 25.2 Å². The van der Waals surface area contributed by atoms with Gasteiger partial charge in [-0.3, -0.25) is 4.79 Å². The van der Waals surface area contributed by atoms with Crippen LogP contribution in [-0.4, -0.2) is 49.3 Å². The van der Waals surface area contributed by atoms with E-state index in [0.29, 0.717) is 19.6 Å². The number of rotatable bonds is 3. The lowest BCUT2D eigenvalue weighted by Crippen LogP contribution is -2.54. The first-order chi connectivity index (χ1) is 11.8. The summed E-state index contributed by atoms with van der Waals surface area (Å²) in [6.45, 7) is 1.29. The SMILES string of the molecule is CO[C@@H]1CC[C@H]2[C@H]1OCCN2C(=O)Cc1ccc2ccccc2c1. The number of methoxy groups -OCH3 is 1. The van der Waals surface area contributed by atoms with Crippen LogP contribution in [0.4, 0.5) is 0 Å². The first kappa shape index (κ1) is 15.6. The van der Waals surface area contributed by atoms with E-state index in [1.165, 1.54) is 10.8 Å². The van der Waals surface area contributed by atoms with E-state index in [9.17, 15) is 4.79 Å². The Kier molecular flexibility index (Phi) is 4.25. The molecule has 126 valence electrons. The Morgan fingerprint density at radius 1 is 1.21 bits per heavy atom. The maximum Gasteiger partial charge on any atom is 0.227 e. The Morgan fingerprint density at radius 2 is 2.04 bits per heavy atom. The van der Waals surface area contributed by atoms with Crippen LogP contribution in [0.1, 0.15) is 18.4 Å². The molecule has 0 unspecified atom stereocenters. The molecule has 0 spiro atoms. The second-order valence-corrected chi connectivity index (χ2v) is 6.70. The van der Waals surface area contributed by atoms with Gasteiger partial charge in [-0.2, -0.15) is 0 Å². The average Bonchev–Trinajstić information content (AvgIpc) is 3.04. The molecule has 0 radical (unpaired) electrons. The van der Waals surface area contributed by atoms with Crippen LogP contribution in [0, 0.1) is 0 Å². The summed E-state index contributed by atoms with van der Waals surface area (Å²) in [7, 11) is 1.73. The van der Waals surface area contributed by atoms with Gasteiger partial charge in [0.15, 0.2) is 0 Å². The van der Waals surface area contributed by atoms with Crippen LogP contribution >= 0.6 is 0 Å². The number of hydrogen-bond donors (Lipinski definition) is 0. The molecule has 1 saturated carbocycles. The Morgan fingerprint density at radius 3 is 2.88 bits per heavy atom. The van der Waals surface area contributed by atoms with E-state index in [1.54, 1.807) is 7.11 Å². The summed E-state index contributed by atoms with van der Waals surface area (Å²) in [5.74, 6) is 0.195. The molecule has 4 rings (SSSR count). The molecule has 1 amide bonds. The number of benzene rings is 2. The fourth-order valence-corrected chi connectivity index (χ4v) is 4.10. The van der Waals surface area contributed by atoms with E-state index in [0.717, 1.165) is 18.4 Å². The highest BCUT2D eigenvalue weighted by molar-refractivity contribution is 5.85. The quantitative estimate of drug-likeness (QED) is 0.871. The highest BCUT2D eigenvalue weighted by Crippen LogP contribution is 2.32. The number of hydrogen-bond acceptors (Lipinski definition) is 3. The zero-order chi connectivity index (χ0) is 16.5. The van der Waals surface area contributed by atoms with Crippen molar-refractivity contribution >= 4 is 16.7 Å². The van der Waals surface area contributed by atoms with E-state index < -0.39 is 0 Å². The topological polar surface area (TPSA) is 38.8 Å². The zero-order valence-corrected chi connectivity index (χ0v) is 14.0. The van der Waals surface area contributed by atoms with Gasteiger partial charge in [-0.15, -0.1) is 0 Å². The number of carbonyl (C=O) groups excluding carboxylic acids is 1. The Labute approximate surface area is 142 Å². The van der Waals surface area contributed by atoms with Crippen molar-refractivity contribution in [1.29, 1.82) is 0 Å². The van der Waals surface area contributed by atoms with Crippen LogP contribution in [0.3, 0.4) is 0 Å². The number of morpholine rings is 1. The maximum absolute atomic E-state index is 12.9. The van der Waals surface area contributed by atoms with E-state index in [2.05, 4.69) is 30.3 Å². The van der Waals surface area contributed by atoms with Crippen molar-refractivity contribution in [3.8, 4) is 0 Å². The van der Waals surface area contributed by atoms with E-state index >= 15 is 0 Å². The van der Waals surface area contributed by atoms with Gasteiger partial charge in [0.25, 0.3) is 0 Å². The van der Waals surface area contributed by atoms with Crippen molar-refractivity contribution in [2.75, 3.05) is 20.3 Å². The van der Waals surface area contributed by atoms with Crippen LogP contribution < -0.4 is 0 Å². The third-order valence-electron chi connectivity index (χ3n) is 5.33. The highest BCUT2D eigenvalue weighted by atomic mass is 16.5. The predicted molar refractivity (Wildman–Crippen MR) is 92.9 cm³/mol. The summed E-state index contributed by atoms with van der Waals surface area (Å²) in [6, 6.07) is 14.7. The second kappa shape index (κ2) is 6.54. The molecular formula is C20H23NO3. The van der Waals surface area contributed by atoms with Gasteiger partial charge >= 0.3 is 0 Å². The molecule has 3 atom stereocenters. The fraction of sp³-hybridized carbons (Fsp3) is 0.450. The predicted octanol–water partition coefficient (Wildman–Crippen LogP) is 2.79. The molecule has 0 aromatic heterocycles. The van der Waals surface area contributed by atoms with Gasteiger partial charge in [-0.05, 0) is 29.2 Å². The van der Waals surface area contributed by atoms with Gasteiger partial charge in [-0.25, -0.2) is 0 Å². The van der Waals surface area contributed by atoms with Gasteiger partial charge in [0.1, 0.15) is 6.10 Å². The molecule has 24 heavy (non-hydrogen) atoms. The molecule has 1 aliphatic heterocycles. The first-order valence-electron chi connectivity index (χ1n) is 8.68. The summed E-state index contributed by atoms with van der Waals surface area (Å²) in [5, 5.41) is 2.39. The third kappa shape index (κ3) is 2.80. The summed E-state index contributed by atoms with van der Waals surface area (Å²) >= 11 is 0. The Bertz CT molecular complexity index is 744. The third-order valence-corrected chi connectivity index (χ3v) is 5.33. The molecule has 1 aliphatic carbocycles. The smallest absolute Gasteiger partial charge is 0.227 e. The van der Waals surface area contributed by atoms with Gasteiger partial charge in [0, 0.05) is 13.7 Å². The van der Waals surface area contributed by atoms with Crippen LogP contribution in [0.5, 0.6) is 0 Å². The molecule has 0 N–H and O–H groups in total. The van der Waals surface area contributed by atoms with Crippen LogP contribution in [0.15, 0.2) is 42.5 Å². The van der Waals surface area contributed by atoms with E-state index in [-0.39, 0.29) is 24.2 Å². The lowest BCUT2D eigenvalue weighted by Gasteiger charge is -2.39. The molecule has 1 heterocycles. The number of amides is 1. The molecule has 0 bridgehead atoms. The summed E-state index contributed by atoms with van der Waals surface area (Å²) in [5.41, 5.74) is 1.07. The lowest BCUT2D eigenvalue weighted by molar-refractivity contribution is -0.149. The molecule has 2 aromatic rings. The first-order valence-corrected chi connectivity index (χ1v) is 8.68. The van der Waals surface area contributed by atoms with Crippen molar-refractivity contribution in [2.24, 2.45) is 0 Å². The number of fused-ring (bicyclic) bond motifs is 2. The number of nitrogens with zero attached hydrogens (tertiary/aromatic N) is 1. The minimum Gasteiger partial charge on any atom is -0.379 e. The molecule has 1 saturated heterocycles. The summed E-state index contributed by atoms with van der Waals surface area (Å²) in [6.07, 6.45) is 2.53. The van der Waals surface area contributed by atoms with Gasteiger partial charge in [-0.1, -0.05) is 42.5 Å². The summed E-state index contributed by atoms with van der Waals surface area (Å²) < 4.78 is 11.4.